The second-order valence-corrected chi connectivity index (χ2v) is 10.6. The number of aromatic nitrogens is 1. The molecule has 0 fully saturated rings. The quantitative estimate of drug-likeness (QED) is 0.425. The number of carbonyl (C=O) groups is 1. The zero-order valence-corrected chi connectivity index (χ0v) is 22.6. The van der Waals surface area contributed by atoms with Crippen LogP contribution in [0.3, 0.4) is 0 Å². The molecule has 0 saturated heterocycles. The molecule has 2 heterocycles. The molecule has 1 aromatic rings. The number of rotatable bonds is 3. The topological polar surface area (TPSA) is 80.4 Å². The van der Waals surface area contributed by atoms with Gasteiger partial charge in [0.05, 0.1) is 18.3 Å². The van der Waals surface area contributed by atoms with Gasteiger partial charge in [-0.05, 0) is 44.4 Å². The molecule has 5 nitrogen and oxygen atoms in total. The highest BCUT2D eigenvalue weighted by molar-refractivity contribution is 8.14. The molecule has 1 unspecified atom stereocenters. The first-order valence-corrected chi connectivity index (χ1v) is 12.4. The first-order valence-electron chi connectivity index (χ1n) is 11.6. The number of allylic oxidation sites excluding steroid dienone is 3. The van der Waals surface area contributed by atoms with Crippen LogP contribution in [0.25, 0.3) is 0 Å². The third-order valence-corrected chi connectivity index (χ3v) is 6.70. The van der Waals surface area contributed by atoms with E-state index in [-0.39, 0.29) is 21.9 Å². The molecule has 0 saturated carbocycles. The van der Waals surface area contributed by atoms with Crippen molar-refractivity contribution in [3.05, 3.63) is 65.2 Å². The normalized spacial score (nSPS) is 22.9. The van der Waals surface area contributed by atoms with Gasteiger partial charge in [-0.3, -0.25) is 19.2 Å². The van der Waals surface area contributed by atoms with E-state index >= 15 is 0 Å². The van der Waals surface area contributed by atoms with Crippen LogP contribution in [0.15, 0.2) is 53.3 Å². The molecule has 0 radical (unpaired) electrons. The molecule has 1 aliphatic heterocycles. The number of nitrogens with one attached hydrogen (secondary N) is 1. The molecule has 0 bridgehead atoms. The number of nitrogens with two attached hydrogens (primary N) is 1. The van der Waals surface area contributed by atoms with Gasteiger partial charge in [-0.15, -0.1) is 0 Å². The molecule has 2 aliphatic rings. The molecule has 0 spiro atoms. The maximum absolute atomic E-state index is 12.9. The Morgan fingerprint density at radius 3 is 2.39 bits per heavy atom. The summed E-state index contributed by atoms with van der Waals surface area (Å²) in [6.07, 6.45) is 7.22. The van der Waals surface area contributed by atoms with Crippen molar-refractivity contribution in [1.29, 1.82) is 0 Å². The highest BCUT2D eigenvalue weighted by Gasteiger charge is 2.37. The summed E-state index contributed by atoms with van der Waals surface area (Å²) in [5.41, 5.74) is 5.42. The fraction of sp³-hybridized carbons (Fsp3) is 0.500. The van der Waals surface area contributed by atoms with Gasteiger partial charge in [0, 0.05) is 22.6 Å². The molecule has 3 N–H and O–H groups in total. The molecular formula is C26H36F4N4OS. The van der Waals surface area contributed by atoms with Crippen molar-refractivity contribution in [2.24, 2.45) is 16.6 Å². The summed E-state index contributed by atoms with van der Waals surface area (Å²) in [6, 6.07) is 0.924. The zero-order chi connectivity index (χ0) is 27.7. The first kappa shape index (κ1) is 31.4. The Balaban J connectivity index is 0.00000154. The monoisotopic (exact) mass is 528 g/mol. The summed E-state index contributed by atoms with van der Waals surface area (Å²) in [5, 5.41) is 3.30. The van der Waals surface area contributed by atoms with Crippen LogP contribution in [0.2, 0.25) is 0 Å². The van der Waals surface area contributed by atoms with E-state index in [0.29, 0.717) is 24.2 Å². The smallest absolute Gasteiger partial charge is 0.379 e. The number of alkyl halides is 4. The number of hydrogen-bond donors (Lipinski definition) is 2. The lowest BCUT2D eigenvalue weighted by Crippen LogP contribution is -2.33. The predicted molar refractivity (Wildman–Crippen MR) is 141 cm³/mol. The van der Waals surface area contributed by atoms with Gasteiger partial charge >= 0.3 is 6.18 Å². The third-order valence-electron chi connectivity index (χ3n) is 5.64. The number of aliphatic imine (C=N–C) groups is 1. The molecule has 1 amide bonds. The fourth-order valence-electron chi connectivity index (χ4n) is 3.74. The number of amides is 1. The summed E-state index contributed by atoms with van der Waals surface area (Å²) < 4.78 is 48.2. The Hall–Kier alpha value is -2.62. The van der Waals surface area contributed by atoms with Crippen LogP contribution in [0.1, 0.15) is 69.1 Å². The lowest BCUT2D eigenvalue weighted by Gasteiger charge is -2.31. The molecule has 2 atom stereocenters. The van der Waals surface area contributed by atoms with E-state index in [2.05, 4.69) is 24.1 Å². The van der Waals surface area contributed by atoms with Gasteiger partial charge in [-0.1, -0.05) is 63.8 Å². The average Bonchev–Trinajstić information content (AvgIpc) is 3.10. The van der Waals surface area contributed by atoms with Gasteiger partial charge in [0.1, 0.15) is 5.69 Å². The highest BCUT2D eigenvalue weighted by atomic mass is 32.2. The van der Waals surface area contributed by atoms with Gasteiger partial charge in [-0.2, -0.15) is 13.2 Å². The van der Waals surface area contributed by atoms with Crippen molar-refractivity contribution in [3.63, 3.8) is 0 Å². The van der Waals surface area contributed by atoms with Crippen LogP contribution in [-0.4, -0.2) is 33.5 Å². The summed E-state index contributed by atoms with van der Waals surface area (Å²) in [7, 11) is 0.500. The van der Waals surface area contributed by atoms with Crippen LogP contribution in [0, 0.1) is 12.8 Å². The van der Waals surface area contributed by atoms with Gasteiger partial charge in [0.25, 0.3) is 5.91 Å². The molecule has 0 aromatic carbocycles. The summed E-state index contributed by atoms with van der Waals surface area (Å²) in [6.45, 7) is 11.7. The molecule has 36 heavy (non-hydrogen) atoms. The molecule has 1 aliphatic carbocycles. The van der Waals surface area contributed by atoms with Crippen LogP contribution in [0.4, 0.5) is 17.6 Å². The maximum atomic E-state index is 12.9. The first-order chi connectivity index (χ1) is 16.8. The lowest BCUT2D eigenvalue weighted by molar-refractivity contribution is -0.137. The fourth-order valence-corrected chi connectivity index (χ4v) is 4.76. The number of aryl methyl sites for hydroxylation is 1. The van der Waals surface area contributed by atoms with Gasteiger partial charge in [0.15, 0.2) is 5.17 Å². The Kier molecular flexibility index (Phi) is 11.4. The van der Waals surface area contributed by atoms with E-state index in [9.17, 15) is 22.4 Å². The van der Waals surface area contributed by atoms with Gasteiger partial charge in [-0.25, -0.2) is 0 Å². The number of halogens is 4. The highest BCUT2D eigenvalue weighted by Crippen LogP contribution is 2.41. The van der Waals surface area contributed by atoms with Crippen molar-refractivity contribution in [1.82, 2.24) is 10.3 Å². The molecule has 10 heteroatoms. The van der Waals surface area contributed by atoms with E-state index in [0.717, 1.165) is 18.9 Å². The molecular weight excluding hydrogens is 492 g/mol. The number of thioether (sulfide) groups is 1. The van der Waals surface area contributed by atoms with E-state index < -0.39 is 23.2 Å². The van der Waals surface area contributed by atoms with Gasteiger partial charge < -0.3 is 11.1 Å². The average molecular weight is 529 g/mol. The van der Waals surface area contributed by atoms with E-state index in [1.807, 2.05) is 39.0 Å². The predicted octanol–water partition coefficient (Wildman–Crippen LogP) is 6.76. The largest absolute Gasteiger partial charge is 0.417 e. The number of carbonyl (C=O) groups excluding carboxylic acids is 1. The number of nitrogens with zero attached hydrogens (tertiary/aromatic N) is 2. The minimum atomic E-state index is -4.51. The molecule has 3 rings (SSSR count). The molecule has 1 aromatic heterocycles. The Bertz CT molecular complexity index is 1030. The van der Waals surface area contributed by atoms with Crippen molar-refractivity contribution < 1.29 is 22.4 Å². The van der Waals surface area contributed by atoms with Crippen molar-refractivity contribution >= 4 is 22.8 Å². The van der Waals surface area contributed by atoms with Crippen LogP contribution in [-0.2, 0) is 6.18 Å². The zero-order valence-electron chi connectivity index (χ0n) is 21.8. The summed E-state index contributed by atoms with van der Waals surface area (Å²) in [4.78, 5) is 21.3. The van der Waals surface area contributed by atoms with E-state index in [4.69, 9.17) is 10.7 Å². The van der Waals surface area contributed by atoms with Crippen LogP contribution < -0.4 is 11.1 Å². The Morgan fingerprint density at radius 2 is 1.81 bits per heavy atom. The maximum Gasteiger partial charge on any atom is 0.417 e. The Morgan fingerprint density at radius 1 is 1.17 bits per heavy atom. The minimum Gasteiger partial charge on any atom is -0.379 e. The number of pyridine rings is 1. The molecule has 200 valence electrons. The second kappa shape index (κ2) is 13.1. The summed E-state index contributed by atoms with van der Waals surface area (Å²) >= 11 is 1.56. The van der Waals surface area contributed by atoms with Gasteiger partial charge in [0.2, 0.25) is 0 Å². The number of hydrogen-bond acceptors (Lipinski definition) is 5. The van der Waals surface area contributed by atoms with Crippen molar-refractivity contribution in [2.45, 2.75) is 70.8 Å². The van der Waals surface area contributed by atoms with E-state index in [1.165, 1.54) is 6.92 Å². The second-order valence-electron chi connectivity index (χ2n) is 8.90. The lowest BCUT2D eigenvalue weighted by atomic mass is 9.80. The van der Waals surface area contributed by atoms with Crippen LogP contribution >= 0.6 is 11.8 Å². The van der Waals surface area contributed by atoms with Crippen molar-refractivity contribution in [3.8, 4) is 0 Å². The Labute approximate surface area is 215 Å². The third kappa shape index (κ3) is 8.50. The SMILES string of the molecule is CC.CF.Cc1cc(C(F)(F)F)cnc1C(=O)NC1=CC([C@]2(C)CCC(C)(C)SC(N)=N2)C=CC=C1. The number of amidine groups is 1. The van der Waals surface area contributed by atoms with Crippen molar-refractivity contribution in [2.75, 3.05) is 7.18 Å². The summed E-state index contributed by atoms with van der Waals surface area (Å²) in [5.74, 6) is -0.707. The standard InChI is InChI=1S/C23H27F3N4OS.C2H6.CH3F/c1-14-11-16(23(24,25)26)13-28-18(14)19(31)29-17-8-6-5-7-15(12-17)22(4)10-9-21(2,3)32-20(27)30-22;2*1-2/h5-8,11-13,15H,9-10H2,1-4H3,(H2,27,30)(H,29,31);1-2H3;1H3/t15?,22-;;/m0../s1. The van der Waals surface area contributed by atoms with Crippen LogP contribution in [0.5, 0.6) is 0 Å². The van der Waals surface area contributed by atoms with E-state index in [1.54, 1.807) is 23.9 Å². The minimum absolute atomic E-state index is 0.0232.